The highest BCUT2D eigenvalue weighted by Crippen LogP contribution is 2.28. The lowest BCUT2D eigenvalue weighted by Gasteiger charge is -2.20. The van der Waals surface area contributed by atoms with Gasteiger partial charge in [0.15, 0.2) is 11.6 Å². The quantitative estimate of drug-likeness (QED) is 0.847. The van der Waals surface area contributed by atoms with Gasteiger partial charge >= 0.3 is 0 Å². The summed E-state index contributed by atoms with van der Waals surface area (Å²) < 4.78 is 45.6. The van der Waals surface area contributed by atoms with Crippen LogP contribution in [-0.4, -0.2) is 13.7 Å². The molecule has 21 heavy (non-hydrogen) atoms. The fourth-order valence-corrected chi connectivity index (χ4v) is 2.19. The van der Waals surface area contributed by atoms with Crippen LogP contribution in [-0.2, 0) is 0 Å². The zero-order chi connectivity index (χ0) is 15.4. The van der Waals surface area contributed by atoms with Gasteiger partial charge in [-0.1, -0.05) is 19.1 Å². The minimum Gasteiger partial charge on any atom is -0.497 e. The Balaban J connectivity index is 2.50. The molecular weight excluding hydrogens is 279 g/mol. The molecule has 0 aliphatic carbocycles. The molecule has 0 fully saturated rings. The fourth-order valence-electron chi connectivity index (χ4n) is 2.19. The number of methoxy groups -OCH3 is 1. The van der Waals surface area contributed by atoms with Gasteiger partial charge in [-0.05, 0) is 30.3 Å². The van der Waals surface area contributed by atoms with Gasteiger partial charge in [-0.25, -0.2) is 13.2 Å². The summed E-state index contributed by atoms with van der Waals surface area (Å²) in [6.07, 6.45) is 0. The first kappa shape index (κ1) is 15.4. The average Bonchev–Trinajstić information content (AvgIpc) is 2.49. The average molecular weight is 295 g/mol. The molecule has 0 saturated carbocycles. The van der Waals surface area contributed by atoms with Crippen LogP contribution in [0.4, 0.5) is 13.2 Å². The van der Waals surface area contributed by atoms with Crippen LogP contribution in [0.25, 0.3) is 0 Å². The second kappa shape index (κ2) is 6.63. The maximum atomic E-state index is 14.0. The number of rotatable bonds is 5. The van der Waals surface area contributed by atoms with Gasteiger partial charge in [0.05, 0.1) is 13.2 Å². The van der Waals surface area contributed by atoms with Crippen LogP contribution in [0.1, 0.15) is 24.1 Å². The molecule has 0 radical (unpaired) electrons. The Morgan fingerprint density at radius 2 is 1.76 bits per heavy atom. The van der Waals surface area contributed by atoms with Gasteiger partial charge in [0, 0.05) is 11.6 Å². The highest BCUT2D eigenvalue weighted by molar-refractivity contribution is 5.37. The number of ether oxygens (including phenoxy) is 1. The summed E-state index contributed by atoms with van der Waals surface area (Å²) in [5.74, 6) is -2.45. The molecule has 0 aliphatic rings. The Labute approximate surface area is 121 Å². The summed E-state index contributed by atoms with van der Waals surface area (Å²) in [6.45, 7) is 2.39. The summed E-state index contributed by atoms with van der Waals surface area (Å²) in [5, 5.41) is 3.07. The Kier molecular flexibility index (Phi) is 4.85. The van der Waals surface area contributed by atoms with Gasteiger partial charge in [-0.15, -0.1) is 0 Å². The highest BCUT2D eigenvalue weighted by Gasteiger charge is 2.20. The molecule has 2 aromatic rings. The van der Waals surface area contributed by atoms with E-state index in [0.29, 0.717) is 23.9 Å². The van der Waals surface area contributed by atoms with Crippen molar-refractivity contribution in [1.29, 1.82) is 0 Å². The molecule has 0 heterocycles. The van der Waals surface area contributed by atoms with E-state index >= 15 is 0 Å². The van der Waals surface area contributed by atoms with E-state index < -0.39 is 23.5 Å². The molecule has 2 rings (SSSR count). The van der Waals surface area contributed by atoms with E-state index in [4.69, 9.17) is 4.74 Å². The summed E-state index contributed by atoms with van der Waals surface area (Å²) in [5.41, 5.74) is 0.769. The molecule has 2 aromatic carbocycles. The molecule has 0 aliphatic heterocycles. The summed E-state index contributed by atoms with van der Waals surface area (Å²) >= 11 is 0. The number of hydrogen-bond donors (Lipinski definition) is 1. The molecule has 0 saturated heterocycles. The van der Waals surface area contributed by atoms with Crippen LogP contribution in [0.5, 0.6) is 5.75 Å². The highest BCUT2D eigenvalue weighted by atomic mass is 19.2. The molecule has 5 heteroatoms. The minimum absolute atomic E-state index is 0.0593. The van der Waals surface area contributed by atoms with Crippen molar-refractivity contribution in [3.63, 3.8) is 0 Å². The molecule has 0 spiro atoms. The molecule has 1 unspecified atom stereocenters. The molecule has 112 valence electrons. The Morgan fingerprint density at radius 1 is 1.05 bits per heavy atom. The second-order valence-corrected chi connectivity index (χ2v) is 4.56. The van der Waals surface area contributed by atoms with Crippen molar-refractivity contribution in [3.8, 4) is 5.75 Å². The smallest absolute Gasteiger partial charge is 0.161 e. The molecular formula is C16H16F3NO. The summed E-state index contributed by atoms with van der Waals surface area (Å²) in [4.78, 5) is 0. The minimum atomic E-state index is -1.20. The number of benzene rings is 2. The van der Waals surface area contributed by atoms with E-state index in [1.165, 1.54) is 7.11 Å². The predicted octanol–water partition coefficient (Wildman–Crippen LogP) is 3.81. The van der Waals surface area contributed by atoms with Crippen molar-refractivity contribution < 1.29 is 17.9 Å². The summed E-state index contributed by atoms with van der Waals surface area (Å²) in [7, 11) is 1.53. The van der Waals surface area contributed by atoms with Crippen molar-refractivity contribution in [2.24, 2.45) is 0 Å². The van der Waals surface area contributed by atoms with Crippen molar-refractivity contribution in [1.82, 2.24) is 5.32 Å². The lowest BCUT2D eigenvalue weighted by Crippen LogP contribution is -2.23. The Bertz CT molecular complexity index is 631. The van der Waals surface area contributed by atoms with Crippen molar-refractivity contribution in [2.45, 2.75) is 13.0 Å². The second-order valence-electron chi connectivity index (χ2n) is 4.56. The SMILES string of the molecule is CCNC(c1cccc(OC)c1)c1cc(F)c(F)cc1F. The molecule has 0 bridgehead atoms. The van der Waals surface area contributed by atoms with E-state index in [0.717, 1.165) is 6.07 Å². The molecule has 2 nitrogen and oxygen atoms in total. The van der Waals surface area contributed by atoms with Crippen molar-refractivity contribution >= 4 is 0 Å². The number of hydrogen-bond acceptors (Lipinski definition) is 2. The van der Waals surface area contributed by atoms with Gasteiger partial charge in [-0.2, -0.15) is 0 Å². The van der Waals surface area contributed by atoms with Crippen LogP contribution < -0.4 is 10.1 Å². The van der Waals surface area contributed by atoms with E-state index in [2.05, 4.69) is 5.32 Å². The lowest BCUT2D eigenvalue weighted by atomic mass is 9.97. The van der Waals surface area contributed by atoms with Crippen LogP contribution in [0.3, 0.4) is 0 Å². The molecule has 1 N–H and O–H groups in total. The maximum absolute atomic E-state index is 14.0. The largest absolute Gasteiger partial charge is 0.497 e. The topological polar surface area (TPSA) is 21.3 Å². The van der Waals surface area contributed by atoms with Gasteiger partial charge in [0.2, 0.25) is 0 Å². The molecule has 1 atom stereocenters. The fraction of sp³-hybridized carbons (Fsp3) is 0.250. The van der Waals surface area contributed by atoms with E-state index in [9.17, 15) is 13.2 Å². The first-order valence-corrected chi connectivity index (χ1v) is 6.58. The Morgan fingerprint density at radius 3 is 2.43 bits per heavy atom. The van der Waals surface area contributed by atoms with Gasteiger partial charge in [0.25, 0.3) is 0 Å². The monoisotopic (exact) mass is 295 g/mol. The first-order chi connectivity index (χ1) is 10.1. The van der Waals surface area contributed by atoms with Crippen LogP contribution in [0, 0.1) is 17.5 Å². The lowest BCUT2D eigenvalue weighted by molar-refractivity contribution is 0.413. The van der Waals surface area contributed by atoms with Gasteiger partial charge < -0.3 is 10.1 Å². The summed E-state index contributed by atoms with van der Waals surface area (Å²) in [6, 6.07) is 7.89. The third-order valence-electron chi connectivity index (χ3n) is 3.19. The van der Waals surface area contributed by atoms with Crippen LogP contribution >= 0.6 is 0 Å². The van der Waals surface area contributed by atoms with Gasteiger partial charge in [0.1, 0.15) is 11.6 Å². The zero-order valence-corrected chi connectivity index (χ0v) is 11.8. The van der Waals surface area contributed by atoms with Crippen LogP contribution in [0.2, 0.25) is 0 Å². The van der Waals surface area contributed by atoms with E-state index in [1.807, 2.05) is 6.92 Å². The van der Waals surface area contributed by atoms with Gasteiger partial charge in [-0.3, -0.25) is 0 Å². The van der Waals surface area contributed by atoms with Crippen LogP contribution in [0.15, 0.2) is 36.4 Å². The predicted molar refractivity (Wildman–Crippen MR) is 74.8 cm³/mol. The molecule has 0 amide bonds. The first-order valence-electron chi connectivity index (χ1n) is 6.58. The number of nitrogens with one attached hydrogen (secondary N) is 1. The zero-order valence-electron chi connectivity index (χ0n) is 11.8. The Hall–Kier alpha value is -2.01. The van der Waals surface area contributed by atoms with E-state index in [-0.39, 0.29) is 5.56 Å². The standard InChI is InChI=1S/C16H16F3NO/c1-3-20-16(10-5-4-6-11(7-10)21-2)12-8-14(18)15(19)9-13(12)17/h4-9,16,20H,3H2,1-2H3. The maximum Gasteiger partial charge on any atom is 0.161 e. The normalized spacial score (nSPS) is 12.2. The third-order valence-corrected chi connectivity index (χ3v) is 3.19. The van der Waals surface area contributed by atoms with Crippen molar-refractivity contribution in [2.75, 3.05) is 13.7 Å². The number of halogens is 3. The van der Waals surface area contributed by atoms with E-state index in [1.54, 1.807) is 24.3 Å². The molecule has 0 aromatic heterocycles. The van der Waals surface area contributed by atoms with Crippen molar-refractivity contribution in [3.05, 3.63) is 65.0 Å². The third kappa shape index (κ3) is 3.36.